The van der Waals surface area contributed by atoms with Gasteiger partial charge in [0.25, 0.3) is 11.8 Å². The van der Waals surface area contributed by atoms with Gasteiger partial charge in [0.2, 0.25) is 0 Å². The number of carbonyl (C=O) groups is 3. The van der Waals surface area contributed by atoms with Gasteiger partial charge in [-0.2, -0.15) is 40.5 Å². The van der Waals surface area contributed by atoms with Gasteiger partial charge in [-0.3, -0.25) is 24.4 Å². The van der Waals surface area contributed by atoms with Crippen molar-refractivity contribution in [3.05, 3.63) is 52.1 Å². The number of hydrazine groups is 1. The largest absolute Gasteiger partial charge is 0.464 e. The highest BCUT2D eigenvalue weighted by Gasteiger charge is 2.46. The second-order valence-electron chi connectivity index (χ2n) is 17.2. The lowest BCUT2D eigenvalue weighted by molar-refractivity contribution is -0.191. The van der Waals surface area contributed by atoms with E-state index in [1.807, 2.05) is 18.5 Å². The fourth-order valence-corrected chi connectivity index (χ4v) is 9.41. The average molecular weight is 931 g/mol. The Morgan fingerprint density at radius 1 is 1.10 bits per heavy atom. The summed E-state index contributed by atoms with van der Waals surface area (Å²) in [7, 11) is 3.87. The number of hydrogen-bond donors (Lipinski definition) is 3. The summed E-state index contributed by atoms with van der Waals surface area (Å²) in [5.41, 5.74) is 8.74. The molecular weight excluding hydrogens is 869 g/mol. The molecule has 19 heteroatoms. The molecule has 3 aromatic heterocycles. The second kappa shape index (κ2) is 20.2. The number of anilines is 1. The van der Waals surface area contributed by atoms with Crippen LogP contribution in [0.25, 0.3) is 33.4 Å². The second-order valence-corrected chi connectivity index (χ2v) is 18.2. The summed E-state index contributed by atoms with van der Waals surface area (Å²) < 4.78 is 19.5. The first-order valence-electron chi connectivity index (χ1n) is 20.7. The van der Waals surface area contributed by atoms with Crippen LogP contribution in [0.1, 0.15) is 62.9 Å². The Balaban J connectivity index is 0.00000242. The lowest BCUT2D eigenvalue weighted by Gasteiger charge is -2.38. The summed E-state index contributed by atoms with van der Waals surface area (Å²) in [6.07, 6.45) is 3.43. The number of aryl methyl sites for hydroxylation is 1. The highest BCUT2D eigenvalue weighted by molar-refractivity contribution is 7.59. The van der Waals surface area contributed by atoms with Crippen molar-refractivity contribution in [1.29, 1.82) is 0 Å². The molecule has 340 valence electrons. The third-order valence-corrected chi connectivity index (χ3v) is 13.1. The number of thiazole rings is 1. The molecule has 4 aliphatic rings. The molecule has 2 amide bonds. The van der Waals surface area contributed by atoms with Gasteiger partial charge in [0.15, 0.2) is 5.60 Å². The van der Waals surface area contributed by atoms with E-state index >= 15 is 0 Å². The number of hydrogen-bond acceptors (Lipinski definition) is 13. The van der Waals surface area contributed by atoms with Crippen molar-refractivity contribution in [3.8, 4) is 22.5 Å². The minimum Gasteiger partial charge on any atom is -0.464 e. The number of rotatable bonds is 7. The van der Waals surface area contributed by atoms with Crippen LogP contribution in [-0.4, -0.2) is 132 Å². The van der Waals surface area contributed by atoms with Gasteiger partial charge < -0.3 is 39.0 Å². The number of benzene rings is 1. The summed E-state index contributed by atoms with van der Waals surface area (Å²) >= 11 is 1.41. The van der Waals surface area contributed by atoms with E-state index in [0.29, 0.717) is 37.4 Å². The van der Waals surface area contributed by atoms with Crippen LogP contribution in [-0.2, 0) is 48.0 Å². The Morgan fingerprint density at radius 2 is 1.84 bits per heavy atom. The minimum atomic E-state index is -1.71. The van der Waals surface area contributed by atoms with Gasteiger partial charge in [-0.05, 0) is 63.9 Å². The Bertz CT molecular complexity index is 2240. The number of esters is 1. The smallest absolute Gasteiger partial charge is 0.324 e. The molecular formula is C43H62N8O7S4. The van der Waals surface area contributed by atoms with Crippen LogP contribution in [0.5, 0.6) is 0 Å². The molecule has 0 aliphatic carbocycles. The minimum absolute atomic E-state index is 0. The van der Waals surface area contributed by atoms with Crippen molar-refractivity contribution in [2.24, 2.45) is 5.41 Å². The fourth-order valence-electron chi connectivity index (χ4n) is 8.56. The highest BCUT2D eigenvalue weighted by Crippen LogP contribution is 2.43. The number of likely N-dealkylation sites (N-methyl/N-ethyl adjacent to an activating group) is 1. The van der Waals surface area contributed by atoms with E-state index in [0.717, 1.165) is 76.5 Å². The molecule has 8 rings (SSSR count). The van der Waals surface area contributed by atoms with Crippen molar-refractivity contribution in [3.63, 3.8) is 0 Å². The van der Waals surface area contributed by atoms with E-state index in [-0.39, 0.29) is 72.8 Å². The van der Waals surface area contributed by atoms with E-state index in [1.54, 1.807) is 7.11 Å². The van der Waals surface area contributed by atoms with E-state index in [4.69, 9.17) is 24.2 Å². The first kappa shape index (κ1) is 49.6. The van der Waals surface area contributed by atoms with Crippen molar-refractivity contribution in [2.45, 2.75) is 83.7 Å². The highest BCUT2D eigenvalue weighted by atomic mass is 32.1. The van der Waals surface area contributed by atoms with Gasteiger partial charge >= 0.3 is 5.97 Å². The van der Waals surface area contributed by atoms with Crippen molar-refractivity contribution in [1.82, 2.24) is 35.2 Å². The number of aliphatic hydroxyl groups is 1. The lowest BCUT2D eigenvalue weighted by atomic mass is 9.84. The van der Waals surface area contributed by atoms with Crippen molar-refractivity contribution in [2.75, 3.05) is 71.6 Å². The molecule has 3 N–H and O–H groups in total. The molecule has 0 unspecified atom stereocenters. The number of fused-ring (bicyclic) bond motifs is 6. The van der Waals surface area contributed by atoms with E-state index in [9.17, 15) is 19.5 Å². The number of pyridine rings is 1. The Kier molecular flexibility index (Phi) is 16.2. The third-order valence-electron chi connectivity index (χ3n) is 12.2. The molecule has 7 heterocycles. The standard InChI is InChI=1S/C43H56N8O7S.3H2S/c1-7-50-35-11-10-27-17-29(35)31(38(50)30-18-28(21-44-37(30)26(2)56-6)49-15-13-48(5)14-16-49)20-42(3,4)23-58-40(53)32-9-8-12-51(47-32)39(52)33(19-36-45-34(27)22-59-36)46-41(54)43(55)24-57-25-43;;;/h10-11,17-18,21-22,26,32-33,47,55H,7-9,12-16,19-20,23-25H2,1-6H3,(H,46,54);3*1H2/t26-,32-,33-;;;/m0.../s1. The van der Waals surface area contributed by atoms with Crippen molar-refractivity contribution < 1.29 is 33.7 Å². The molecule has 4 aliphatic heterocycles. The number of methoxy groups -OCH3 is 1. The quantitative estimate of drug-likeness (QED) is 0.229. The molecule has 3 atom stereocenters. The zero-order chi connectivity index (χ0) is 41.6. The molecule has 0 radical (unpaired) electrons. The SMILES string of the molecule is CCn1c(-c2cc(N3CCN(C)CC3)cnc2[C@H](C)OC)c2c3cc(ccc31)-c1csc(n1)C[C@H](NC(=O)C1(O)COC1)C(=O)N1CCC[C@H](N1)C(=O)OCC(C)(C)C2.S.S.S. The average Bonchev–Trinajstić information content (AvgIpc) is 3.82. The maximum Gasteiger partial charge on any atom is 0.324 e. The predicted molar refractivity (Wildman–Crippen MR) is 256 cm³/mol. The lowest BCUT2D eigenvalue weighted by Crippen LogP contribution is -2.65. The van der Waals surface area contributed by atoms with Gasteiger partial charge in [-0.1, -0.05) is 19.9 Å². The number of ether oxygens (including phenoxy) is 3. The molecule has 6 bridgehead atoms. The zero-order valence-electron chi connectivity index (χ0n) is 36.4. The first-order valence-corrected chi connectivity index (χ1v) is 21.6. The molecule has 1 aromatic carbocycles. The van der Waals surface area contributed by atoms with Gasteiger partial charge in [-0.25, -0.2) is 10.4 Å². The first-order chi connectivity index (χ1) is 28.3. The Morgan fingerprint density at radius 3 is 2.52 bits per heavy atom. The van der Waals surface area contributed by atoms with Gasteiger partial charge in [0, 0.05) is 85.6 Å². The van der Waals surface area contributed by atoms with Crippen molar-refractivity contribution >= 4 is 86.2 Å². The summed E-state index contributed by atoms with van der Waals surface area (Å²) in [6, 6.07) is 6.89. The number of cyclic esters (lactones) is 1. The Hall–Kier alpha value is -3.40. The van der Waals surface area contributed by atoms with E-state index in [2.05, 4.69) is 77.2 Å². The normalized spacial score (nSPS) is 21.9. The maximum atomic E-state index is 14.1. The fraction of sp³-hybridized carbons (Fsp3) is 0.558. The van der Waals surface area contributed by atoms with Crippen LogP contribution >= 0.6 is 51.8 Å². The maximum absolute atomic E-state index is 14.1. The Labute approximate surface area is 388 Å². The number of aromatic nitrogens is 3. The molecule has 3 fully saturated rings. The van der Waals surface area contributed by atoms with Crippen LogP contribution in [0.3, 0.4) is 0 Å². The molecule has 0 saturated carbocycles. The van der Waals surface area contributed by atoms with Crippen LogP contribution in [0.2, 0.25) is 0 Å². The predicted octanol–water partition coefficient (Wildman–Crippen LogP) is 4.05. The molecule has 15 nitrogen and oxygen atoms in total. The van der Waals surface area contributed by atoms with Gasteiger partial charge in [0.05, 0.1) is 59.9 Å². The molecule has 62 heavy (non-hydrogen) atoms. The van der Waals surface area contributed by atoms with Crippen LogP contribution in [0.4, 0.5) is 5.69 Å². The third kappa shape index (κ3) is 9.95. The summed E-state index contributed by atoms with van der Waals surface area (Å²) in [5, 5.41) is 18.6. The number of carbonyl (C=O) groups excluding carboxylic acids is 3. The molecule has 0 spiro atoms. The van der Waals surface area contributed by atoms with Gasteiger partial charge in [0.1, 0.15) is 12.1 Å². The summed E-state index contributed by atoms with van der Waals surface area (Å²) in [5.74, 6) is -1.55. The molecule has 3 saturated heterocycles. The zero-order valence-corrected chi connectivity index (χ0v) is 40.2. The monoisotopic (exact) mass is 930 g/mol. The van der Waals surface area contributed by atoms with E-state index < -0.39 is 40.9 Å². The number of nitrogens with zero attached hydrogens (tertiary/aromatic N) is 6. The summed E-state index contributed by atoms with van der Waals surface area (Å²) in [6.45, 7) is 13.1. The number of amides is 2. The number of piperazine rings is 1. The van der Waals surface area contributed by atoms with Gasteiger partial charge in [-0.15, -0.1) is 11.3 Å². The van der Waals surface area contributed by atoms with Crippen LogP contribution in [0, 0.1) is 5.41 Å². The molecule has 4 aromatic rings. The van der Waals surface area contributed by atoms with Crippen LogP contribution in [0.15, 0.2) is 35.8 Å². The van der Waals surface area contributed by atoms with E-state index in [1.165, 1.54) is 16.3 Å². The van der Waals surface area contributed by atoms with Crippen LogP contribution < -0.4 is 15.6 Å². The topological polar surface area (TPSA) is 164 Å². The number of nitrogens with one attached hydrogen (secondary N) is 2. The summed E-state index contributed by atoms with van der Waals surface area (Å²) in [4.78, 5) is 56.0.